The summed E-state index contributed by atoms with van der Waals surface area (Å²) in [5, 5.41) is 0. The van der Waals surface area contributed by atoms with Crippen molar-refractivity contribution >= 4 is 17.7 Å². The molecule has 0 radical (unpaired) electrons. The van der Waals surface area contributed by atoms with Crippen LogP contribution in [0.2, 0.25) is 0 Å². The fourth-order valence-electron chi connectivity index (χ4n) is 3.20. The average molecular weight is 317 g/mol. The maximum atomic E-state index is 12.2. The number of likely N-dealkylation sites (N-methyl/N-ethyl adjacent to an activating group) is 1. The molecular weight excluding hydrogens is 294 g/mol. The van der Waals surface area contributed by atoms with Gasteiger partial charge in [-0.05, 0) is 24.5 Å². The Balaban J connectivity index is 1.47. The van der Waals surface area contributed by atoms with Crippen LogP contribution in [-0.4, -0.2) is 68.2 Å². The van der Waals surface area contributed by atoms with Gasteiger partial charge >= 0.3 is 6.09 Å². The second-order valence-electron chi connectivity index (χ2n) is 6.25. The summed E-state index contributed by atoms with van der Waals surface area (Å²) in [5.41, 5.74) is 1.24. The number of nitrogens with zero attached hydrogens (tertiary/aromatic N) is 3. The van der Waals surface area contributed by atoms with Gasteiger partial charge in [-0.2, -0.15) is 0 Å². The van der Waals surface area contributed by atoms with Gasteiger partial charge in [-0.25, -0.2) is 4.79 Å². The van der Waals surface area contributed by atoms with E-state index in [1.54, 1.807) is 4.90 Å². The topological polar surface area (TPSA) is 53.1 Å². The van der Waals surface area contributed by atoms with Gasteiger partial charge in [0.1, 0.15) is 13.2 Å². The normalized spacial score (nSPS) is 20.7. The predicted molar refractivity (Wildman–Crippen MR) is 87.3 cm³/mol. The summed E-state index contributed by atoms with van der Waals surface area (Å²) in [4.78, 5) is 29.2. The fraction of sp³-hybridized carbons (Fsp3) is 0.529. The molecule has 1 aromatic carbocycles. The van der Waals surface area contributed by atoms with E-state index in [1.165, 1.54) is 10.6 Å². The van der Waals surface area contributed by atoms with Crippen LogP contribution in [-0.2, 0) is 9.53 Å². The van der Waals surface area contributed by atoms with Gasteiger partial charge in [0.05, 0.1) is 6.54 Å². The van der Waals surface area contributed by atoms with E-state index in [1.807, 2.05) is 25.2 Å². The number of hydrogen-bond acceptors (Lipinski definition) is 4. The Morgan fingerprint density at radius 1 is 1.30 bits per heavy atom. The molecule has 0 aliphatic carbocycles. The Hall–Kier alpha value is -2.24. The highest BCUT2D eigenvalue weighted by Gasteiger charge is 2.28. The summed E-state index contributed by atoms with van der Waals surface area (Å²) < 4.78 is 4.85. The lowest BCUT2D eigenvalue weighted by molar-refractivity contribution is -0.130. The van der Waals surface area contributed by atoms with Crippen molar-refractivity contribution in [3.8, 4) is 0 Å². The van der Waals surface area contributed by atoms with E-state index in [0.717, 1.165) is 26.1 Å². The van der Waals surface area contributed by atoms with E-state index in [-0.39, 0.29) is 18.5 Å². The van der Waals surface area contributed by atoms with Gasteiger partial charge in [-0.3, -0.25) is 9.69 Å². The molecular formula is C17H23N3O3. The number of ether oxygens (including phenoxy) is 1. The van der Waals surface area contributed by atoms with Crippen LogP contribution in [0.25, 0.3) is 0 Å². The van der Waals surface area contributed by atoms with E-state index >= 15 is 0 Å². The third-order valence-electron chi connectivity index (χ3n) is 4.54. The van der Waals surface area contributed by atoms with Gasteiger partial charge in [0.15, 0.2) is 0 Å². The molecule has 23 heavy (non-hydrogen) atoms. The minimum atomic E-state index is -0.386. The van der Waals surface area contributed by atoms with E-state index < -0.39 is 0 Å². The summed E-state index contributed by atoms with van der Waals surface area (Å²) in [6.45, 7) is 3.71. The fourth-order valence-corrected chi connectivity index (χ4v) is 3.20. The summed E-state index contributed by atoms with van der Waals surface area (Å²) in [6.07, 6.45) is 0.695. The largest absolute Gasteiger partial charge is 0.448 e. The maximum Gasteiger partial charge on any atom is 0.410 e. The van der Waals surface area contributed by atoms with Crippen LogP contribution in [0.3, 0.4) is 0 Å². The summed E-state index contributed by atoms with van der Waals surface area (Å²) in [5.74, 6) is 0.441. The third kappa shape index (κ3) is 3.75. The number of carbonyl (C=O) groups excluding carboxylic acids is 2. The van der Waals surface area contributed by atoms with Crippen molar-refractivity contribution in [2.24, 2.45) is 5.92 Å². The summed E-state index contributed by atoms with van der Waals surface area (Å²) in [7, 11) is 1.81. The number of carbonyl (C=O) groups is 2. The van der Waals surface area contributed by atoms with Crippen molar-refractivity contribution in [2.45, 2.75) is 6.42 Å². The van der Waals surface area contributed by atoms with E-state index in [4.69, 9.17) is 4.74 Å². The number of hydrogen-bond donors (Lipinski definition) is 0. The van der Waals surface area contributed by atoms with Crippen LogP contribution >= 0.6 is 0 Å². The summed E-state index contributed by atoms with van der Waals surface area (Å²) in [6, 6.07) is 10.4. The average Bonchev–Trinajstić information content (AvgIpc) is 3.18. The molecule has 6 nitrogen and oxygen atoms in total. The second kappa shape index (κ2) is 6.89. The van der Waals surface area contributed by atoms with Crippen molar-refractivity contribution in [1.29, 1.82) is 0 Å². The van der Waals surface area contributed by atoms with Gasteiger partial charge in [-0.15, -0.1) is 0 Å². The zero-order valence-corrected chi connectivity index (χ0v) is 13.5. The minimum absolute atomic E-state index is 0.0259. The van der Waals surface area contributed by atoms with Gasteiger partial charge in [-0.1, -0.05) is 18.2 Å². The molecule has 1 aromatic rings. The molecule has 6 heteroatoms. The molecule has 2 amide bonds. The molecule has 2 heterocycles. The number of para-hydroxylation sites is 1. The Morgan fingerprint density at radius 3 is 2.78 bits per heavy atom. The molecule has 2 saturated heterocycles. The molecule has 2 aliphatic rings. The quantitative estimate of drug-likeness (QED) is 0.824. The number of benzene rings is 1. The lowest BCUT2D eigenvalue weighted by Gasteiger charge is -2.24. The first-order valence-electron chi connectivity index (χ1n) is 8.09. The maximum absolute atomic E-state index is 12.2. The Morgan fingerprint density at radius 2 is 2.09 bits per heavy atom. The van der Waals surface area contributed by atoms with Crippen LogP contribution in [0.4, 0.5) is 10.5 Å². The number of rotatable bonds is 5. The van der Waals surface area contributed by atoms with E-state index in [9.17, 15) is 9.59 Å². The van der Waals surface area contributed by atoms with Gasteiger partial charge in [0, 0.05) is 32.4 Å². The van der Waals surface area contributed by atoms with Crippen molar-refractivity contribution in [3.05, 3.63) is 30.3 Å². The van der Waals surface area contributed by atoms with Crippen LogP contribution < -0.4 is 4.90 Å². The zero-order chi connectivity index (χ0) is 16.2. The van der Waals surface area contributed by atoms with Crippen molar-refractivity contribution < 1.29 is 14.3 Å². The first-order chi connectivity index (χ1) is 11.1. The monoisotopic (exact) mass is 317 g/mol. The Bertz CT molecular complexity index is 563. The van der Waals surface area contributed by atoms with Crippen LogP contribution in [0.1, 0.15) is 6.42 Å². The predicted octanol–water partition coefficient (Wildman–Crippen LogP) is 1.42. The zero-order valence-electron chi connectivity index (χ0n) is 13.5. The molecule has 2 fully saturated rings. The second-order valence-corrected chi connectivity index (χ2v) is 6.25. The first-order valence-corrected chi connectivity index (χ1v) is 8.09. The molecule has 0 aromatic heterocycles. The third-order valence-corrected chi connectivity index (χ3v) is 4.54. The van der Waals surface area contributed by atoms with Crippen molar-refractivity contribution in [3.63, 3.8) is 0 Å². The molecule has 0 unspecified atom stereocenters. The standard InChI is InChI=1S/C17H23N3O3/c1-18(16(21)13-20-9-10-23-17(20)22)11-14-7-8-19(12-14)15-5-3-2-4-6-15/h2-6,14H,7-13H2,1H3/t14-/m1/s1. The smallest absolute Gasteiger partial charge is 0.410 e. The molecule has 1 atom stereocenters. The number of cyclic esters (lactones) is 1. The molecule has 0 saturated carbocycles. The first kappa shape index (κ1) is 15.6. The highest BCUT2D eigenvalue weighted by Crippen LogP contribution is 2.23. The van der Waals surface area contributed by atoms with Gasteiger partial charge < -0.3 is 14.5 Å². The van der Waals surface area contributed by atoms with Crippen LogP contribution in [0.15, 0.2) is 30.3 Å². The van der Waals surface area contributed by atoms with Crippen LogP contribution in [0, 0.1) is 5.92 Å². The van der Waals surface area contributed by atoms with Gasteiger partial charge in [0.2, 0.25) is 5.91 Å². The van der Waals surface area contributed by atoms with Crippen molar-refractivity contribution in [1.82, 2.24) is 9.80 Å². The highest BCUT2D eigenvalue weighted by molar-refractivity contribution is 5.82. The highest BCUT2D eigenvalue weighted by atomic mass is 16.6. The van der Waals surface area contributed by atoms with Crippen molar-refractivity contribution in [2.75, 3.05) is 51.3 Å². The molecule has 124 valence electrons. The summed E-state index contributed by atoms with van der Waals surface area (Å²) >= 11 is 0. The Labute approximate surface area is 136 Å². The molecule has 0 bridgehead atoms. The van der Waals surface area contributed by atoms with Crippen LogP contribution in [0.5, 0.6) is 0 Å². The molecule has 0 spiro atoms. The molecule has 3 rings (SSSR count). The minimum Gasteiger partial charge on any atom is -0.448 e. The molecule has 2 aliphatic heterocycles. The van der Waals surface area contributed by atoms with E-state index in [2.05, 4.69) is 17.0 Å². The number of anilines is 1. The lowest BCUT2D eigenvalue weighted by Crippen LogP contribution is -2.41. The lowest BCUT2D eigenvalue weighted by atomic mass is 10.1. The number of amides is 2. The SMILES string of the molecule is CN(C[C@H]1CCN(c2ccccc2)C1)C(=O)CN1CCOC1=O. The van der Waals surface area contributed by atoms with E-state index in [0.29, 0.717) is 19.1 Å². The van der Waals surface area contributed by atoms with Gasteiger partial charge in [0.25, 0.3) is 0 Å². The molecule has 0 N–H and O–H groups in total. The Kier molecular flexibility index (Phi) is 4.69.